The minimum atomic E-state index is -0.188. The van der Waals surface area contributed by atoms with Crippen molar-refractivity contribution in [1.82, 2.24) is 15.0 Å². The van der Waals surface area contributed by atoms with Crippen molar-refractivity contribution in [2.45, 2.75) is 46.6 Å². The minimum absolute atomic E-state index is 0.0580. The Kier molecular flexibility index (Phi) is 4.31. The number of carbonyl (C=O) groups excluding carboxylic acids is 1. The van der Waals surface area contributed by atoms with Crippen LogP contribution in [0, 0.1) is 11.3 Å². The maximum Gasteiger partial charge on any atom is 0.279 e. The van der Waals surface area contributed by atoms with Crippen molar-refractivity contribution in [3.05, 3.63) is 43.2 Å². The van der Waals surface area contributed by atoms with Crippen molar-refractivity contribution in [1.29, 1.82) is 0 Å². The first-order valence-electron chi connectivity index (χ1n) is 8.79. The third-order valence-corrected chi connectivity index (χ3v) is 7.30. The fourth-order valence-electron chi connectivity index (χ4n) is 3.62. The Morgan fingerprint density at radius 3 is 2.88 bits per heavy atom. The molecule has 26 heavy (non-hydrogen) atoms. The summed E-state index contributed by atoms with van der Waals surface area (Å²) < 4.78 is 1.22. The van der Waals surface area contributed by atoms with E-state index in [0.717, 1.165) is 24.8 Å². The Hall–Kier alpha value is -1.86. The van der Waals surface area contributed by atoms with E-state index in [9.17, 15) is 9.59 Å². The largest absolute Gasteiger partial charge is 0.291 e. The van der Waals surface area contributed by atoms with Gasteiger partial charge in [-0.15, -0.1) is 27.8 Å². The van der Waals surface area contributed by atoms with Gasteiger partial charge in [0.2, 0.25) is 0 Å². The van der Waals surface area contributed by atoms with E-state index in [1.165, 1.54) is 20.9 Å². The van der Waals surface area contributed by atoms with E-state index >= 15 is 0 Å². The fourth-order valence-corrected chi connectivity index (χ4v) is 5.51. The highest BCUT2D eigenvalue weighted by Crippen LogP contribution is 2.41. The molecule has 0 amide bonds. The Bertz CT molecular complexity index is 1030. The van der Waals surface area contributed by atoms with Gasteiger partial charge in [-0.25, -0.2) is 4.68 Å². The van der Waals surface area contributed by atoms with Crippen LogP contribution < -0.4 is 5.56 Å². The molecule has 0 fully saturated rings. The minimum Gasteiger partial charge on any atom is -0.291 e. The van der Waals surface area contributed by atoms with Crippen LogP contribution >= 0.6 is 22.7 Å². The molecule has 1 atom stereocenters. The molecule has 0 bridgehead atoms. The van der Waals surface area contributed by atoms with Gasteiger partial charge in [0.25, 0.3) is 5.56 Å². The van der Waals surface area contributed by atoms with Crippen molar-refractivity contribution in [2.24, 2.45) is 11.3 Å². The second-order valence-corrected chi connectivity index (χ2v) is 9.97. The first-order valence-corrected chi connectivity index (χ1v) is 10.5. The molecule has 0 aliphatic heterocycles. The Morgan fingerprint density at radius 2 is 2.19 bits per heavy atom. The molecule has 0 aromatic carbocycles. The lowest BCUT2D eigenvalue weighted by Crippen LogP contribution is -2.29. The van der Waals surface area contributed by atoms with E-state index in [1.807, 2.05) is 11.4 Å². The van der Waals surface area contributed by atoms with Crippen LogP contribution in [0.4, 0.5) is 0 Å². The first kappa shape index (κ1) is 17.5. The van der Waals surface area contributed by atoms with Crippen molar-refractivity contribution in [3.8, 4) is 0 Å². The standard InChI is InChI=1S/C19H21N3O2S2/c1-19(2,3)11-6-7-12-15(9-11)26-17-16(12)18(24)22(21-20-17)10-13(23)14-5-4-8-25-14/h4-5,8,11H,6-7,9-10H2,1-3H3/t11-/m1/s1. The first-order chi connectivity index (χ1) is 12.3. The molecule has 5 nitrogen and oxygen atoms in total. The van der Waals surface area contributed by atoms with Gasteiger partial charge in [0.1, 0.15) is 6.54 Å². The van der Waals surface area contributed by atoms with Crippen LogP contribution in [0.1, 0.15) is 47.3 Å². The molecular weight excluding hydrogens is 366 g/mol. The lowest BCUT2D eigenvalue weighted by atomic mass is 9.72. The molecule has 0 N–H and O–H groups in total. The van der Waals surface area contributed by atoms with Crippen LogP contribution in [-0.2, 0) is 19.4 Å². The molecule has 3 aromatic rings. The van der Waals surface area contributed by atoms with E-state index in [4.69, 9.17) is 0 Å². The summed E-state index contributed by atoms with van der Waals surface area (Å²) in [5.41, 5.74) is 1.20. The predicted octanol–water partition coefficient (Wildman–Crippen LogP) is 3.95. The van der Waals surface area contributed by atoms with Gasteiger partial charge in [-0.05, 0) is 47.6 Å². The number of hydrogen-bond acceptors (Lipinski definition) is 6. The number of Topliss-reactive ketones (excluding diaryl/α,β-unsaturated/α-hetero) is 1. The fraction of sp³-hybridized carbons (Fsp3) is 0.474. The van der Waals surface area contributed by atoms with Crippen molar-refractivity contribution in [3.63, 3.8) is 0 Å². The lowest BCUT2D eigenvalue weighted by molar-refractivity contribution is 0.0968. The summed E-state index contributed by atoms with van der Waals surface area (Å²) in [7, 11) is 0. The third-order valence-electron chi connectivity index (χ3n) is 5.25. The lowest BCUT2D eigenvalue weighted by Gasteiger charge is -2.33. The van der Waals surface area contributed by atoms with E-state index in [-0.39, 0.29) is 23.3 Å². The van der Waals surface area contributed by atoms with Crippen LogP contribution in [0.2, 0.25) is 0 Å². The molecule has 1 aliphatic carbocycles. The third kappa shape index (κ3) is 3.03. The van der Waals surface area contributed by atoms with Gasteiger partial charge >= 0.3 is 0 Å². The summed E-state index contributed by atoms with van der Waals surface area (Å²) in [6, 6.07) is 3.60. The monoisotopic (exact) mass is 387 g/mol. The number of hydrogen-bond donors (Lipinski definition) is 0. The second kappa shape index (κ2) is 6.39. The summed E-state index contributed by atoms with van der Waals surface area (Å²) in [4.78, 5) is 27.9. The highest BCUT2D eigenvalue weighted by molar-refractivity contribution is 7.18. The molecule has 3 aromatic heterocycles. The van der Waals surface area contributed by atoms with Crippen molar-refractivity contribution in [2.75, 3.05) is 0 Å². The summed E-state index contributed by atoms with van der Waals surface area (Å²) in [5.74, 6) is 0.506. The summed E-state index contributed by atoms with van der Waals surface area (Å²) in [5, 5.41) is 10.8. The topological polar surface area (TPSA) is 64.8 Å². The SMILES string of the molecule is CC(C)(C)[C@@H]1CCc2c(sc3nnn(CC(=O)c4cccs4)c(=O)c23)C1. The number of nitrogens with zero attached hydrogens (tertiary/aromatic N) is 3. The number of fused-ring (bicyclic) bond motifs is 3. The number of ketones is 1. The summed E-state index contributed by atoms with van der Waals surface area (Å²) in [6.07, 6.45) is 2.97. The van der Waals surface area contributed by atoms with Gasteiger partial charge in [0, 0.05) is 4.88 Å². The highest BCUT2D eigenvalue weighted by atomic mass is 32.1. The van der Waals surface area contributed by atoms with Crippen LogP contribution in [-0.4, -0.2) is 20.8 Å². The number of carbonyl (C=O) groups is 1. The molecule has 7 heteroatoms. The summed E-state index contributed by atoms with van der Waals surface area (Å²) >= 11 is 2.96. The van der Waals surface area contributed by atoms with Crippen LogP contribution in [0.15, 0.2) is 22.3 Å². The Labute approximate surface area is 159 Å². The quantitative estimate of drug-likeness (QED) is 0.638. The van der Waals surface area contributed by atoms with E-state index in [1.54, 1.807) is 17.4 Å². The second-order valence-electron chi connectivity index (χ2n) is 7.94. The molecule has 3 heterocycles. The van der Waals surface area contributed by atoms with E-state index in [0.29, 0.717) is 21.0 Å². The van der Waals surface area contributed by atoms with Crippen LogP contribution in [0.3, 0.4) is 0 Å². The number of rotatable bonds is 3. The Balaban J connectivity index is 1.71. The van der Waals surface area contributed by atoms with Gasteiger partial charge in [0.05, 0.1) is 10.3 Å². The molecule has 0 spiro atoms. The number of thiophene rings is 2. The van der Waals surface area contributed by atoms with Gasteiger partial charge < -0.3 is 0 Å². The molecule has 0 saturated heterocycles. The molecule has 4 rings (SSSR count). The Morgan fingerprint density at radius 1 is 1.38 bits per heavy atom. The van der Waals surface area contributed by atoms with Crippen LogP contribution in [0.5, 0.6) is 0 Å². The van der Waals surface area contributed by atoms with E-state index < -0.39 is 0 Å². The van der Waals surface area contributed by atoms with Crippen molar-refractivity contribution < 1.29 is 4.79 Å². The smallest absolute Gasteiger partial charge is 0.279 e. The zero-order valence-corrected chi connectivity index (χ0v) is 16.7. The van der Waals surface area contributed by atoms with E-state index in [2.05, 4.69) is 31.1 Å². The molecule has 136 valence electrons. The maximum atomic E-state index is 13.0. The molecule has 0 saturated carbocycles. The average Bonchev–Trinajstić information content (AvgIpc) is 3.23. The molecular formula is C19H21N3O2S2. The molecule has 0 radical (unpaired) electrons. The average molecular weight is 388 g/mol. The van der Waals surface area contributed by atoms with Crippen molar-refractivity contribution >= 4 is 38.7 Å². The molecule has 1 aliphatic rings. The predicted molar refractivity (Wildman–Crippen MR) is 105 cm³/mol. The number of aryl methyl sites for hydroxylation is 1. The molecule has 0 unspecified atom stereocenters. The highest BCUT2D eigenvalue weighted by Gasteiger charge is 2.32. The van der Waals surface area contributed by atoms with Crippen LogP contribution in [0.25, 0.3) is 10.2 Å². The number of aromatic nitrogens is 3. The van der Waals surface area contributed by atoms with Gasteiger partial charge in [-0.3, -0.25) is 9.59 Å². The summed E-state index contributed by atoms with van der Waals surface area (Å²) in [6.45, 7) is 6.77. The van der Waals surface area contributed by atoms with Gasteiger partial charge in [0.15, 0.2) is 10.6 Å². The zero-order valence-electron chi connectivity index (χ0n) is 15.1. The van der Waals surface area contributed by atoms with Gasteiger partial charge in [-0.1, -0.05) is 32.1 Å². The maximum absolute atomic E-state index is 13.0. The van der Waals surface area contributed by atoms with Gasteiger partial charge in [-0.2, -0.15) is 0 Å². The zero-order chi connectivity index (χ0) is 18.5. The normalized spacial score (nSPS) is 17.4.